The van der Waals surface area contributed by atoms with Crippen LogP contribution in [0.4, 0.5) is 0 Å². The number of hydrogen-bond donors (Lipinski definition) is 1. The van der Waals surface area contributed by atoms with E-state index >= 15 is 0 Å². The zero-order valence-electron chi connectivity index (χ0n) is 8.01. The van der Waals surface area contributed by atoms with E-state index in [1.54, 1.807) is 0 Å². The molecule has 1 amide bonds. The lowest BCUT2D eigenvalue weighted by Gasteiger charge is -2.29. The fourth-order valence-corrected chi connectivity index (χ4v) is 3.95. The molecule has 1 N–H and O–H groups in total. The van der Waals surface area contributed by atoms with Gasteiger partial charge in [-0.3, -0.25) is 4.79 Å². The normalized spacial score (nSPS) is 41.1. The number of fused-ring (bicyclic) bond motifs is 2. The molecule has 2 aliphatic carbocycles. The Morgan fingerprint density at radius 3 is 2.77 bits per heavy atom. The number of nitrogens with one attached hydrogen (secondary N) is 1. The van der Waals surface area contributed by atoms with Crippen LogP contribution in [-0.2, 0) is 4.79 Å². The average Bonchev–Trinajstić information content (AvgIpc) is 2.73. The van der Waals surface area contributed by atoms with Gasteiger partial charge in [-0.15, -0.1) is 0 Å². The first-order valence-corrected chi connectivity index (χ1v) is 5.60. The third-order valence-corrected chi connectivity index (χ3v) is 4.58. The number of hydrogen-bond acceptors (Lipinski definition) is 1. The maximum atomic E-state index is 11.3. The molecule has 3 aliphatic rings. The van der Waals surface area contributed by atoms with Gasteiger partial charge in [-0.1, -0.05) is 12.8 Å². The van der Waals surface area contributed by atoms with Gasteiger partial charge in [0.15, 0.2) is 0 Å². The van der Waals surface area contributed by atoms with Crippen molar-refractivity contribution in [2.75, 3.05) is 0 Å². The third-order valence-electron chi connectivity index (χ3n) is 4.58. The predicted molar refractivity (Wildman–Crippen MR) is 50.2 cm³/mol. The Hall–Kier alpha value is -0.530. The zero-order valence-corrected chi connectivity index (χ0v) is 8.01. The Labute approximate surface area is 79.1 Å². The number of amides is 1. The highest BCUT2D eigenvalue weighted by Crippen LogP contribution is 2.56. The number of carbonyl (C=O) groups is 1. The van der Waals surface area contributed by atoms with Gasteiger partial charge in [0, 0.05) is 12.5 Å². The van der Waals surface area contributed by atoms with Crippen molar-refractivity contribution in [3.05, 3.63) is 0 Å². The molecule has 3 fully saturated rings. The maximum absolute atomic E-state index is 11.3. The van der Waals surface area contributed by atoms with Gasteiger partial charge in [-0.05, 0) is 37.0 Å². The van der Waals surface area contributed by atoms with Gasteiger partial charge in [0.25, 0.3) is 0 Å². The molecule has 1 saturated heterocycles. The van der Waals surface area contributed by atoms with Gasteiger partial charge in [0.05, 0.1) is 0 Å². The van der Waals surface area contributed by atoms with Crippen molar-refractivity contribution in [1.29, 1.82) is 0 Å². The highest BCUT2D eigenvalue weighted by atomic mass is 16.2. The van der Waals surface area contributed by atoms with E-state index in [0.717, 1.165) is 6.42 Å². The van der Waals surface area contributed by atoms with Crippen molar-refractivity contribution in [3.63, 3.8) is 0 Å². The Morgan fingerprint density at radius 1 is 1.23 bits per heavy atom. The summed E-state index contributed by atoms with van der Waals surface area (Å²) in [5.74, 6) is 1.00. The molecule has 2 nitrogen and oxygen atoms in total. The van der Waals surface area contributed by atoms with Crippen LogP contribution in [0.3, 0.4) is 0 Å². The van der Waals surface area contributed by atoms with Crippen LogP contribution in [0.15, 0.2) is 0 Å². The summed E-state index contributed by atoms with van der Waals surface area (Å²) in [5, 5.41) is 3.13. The van der Waals surface area contributed by atoms with Crippen molar-refractivity contribution in [2.24, 2.45) is 11.3 Å². The lowest BCUT2D eigenvalue weighted by molar-refractivity contribution is -0.119. The van der Waals surface area contributed by atoms with Crippen LogP contribution in [0.5, 0.6) is 0 Å². The second-order valence-corrected chi connectivity index (χ2v) is 5.09. The molecule has 0 aromatic rings. The molecular formula is C11H17NO. The van der Waals surface area contributed by atoms with Crippen molar-refractivity contribution in [2.45, 2.75) is 51.0 Å². The van der Waals surface area contributed by atoms with Crippen LogP contribution in [0, 0.1) is 11.3 Å². The molecule has 0 aromatic heterocycles. The number of carbonyl (C=O) groups excluding carboxylic acids is 1. The largest absolute Gasteiger partial charge is 0.353 e. The Kier molecular flexibility index (Phi) is 1.50. The van der Waals surface area contributed by atoms with E-state index in [9.17, 15) is 4.79 Å². The monoisotopic (exact) mass is 179 g/mol. The van der Waals surface area contributed by atoms with Crippen molar-refractivity contribution in [3.8, 4) is 0 Å². The Balaban J connectivity index is 1.87. The Morgan fingerprint density at radius 2 is 2.00 bits per heavy atom. The zero-order chi connectivity index (χ0) is 8.89. The van der Waals surface area contributed by atoms with Crippen LogP contribution in [-0.4, -0.2) is 11.9 Å². The third kappa shape index (κ3) is 0.976. The minimum Gasteiger partial charge on any atom is -0.353 e. The van der Waals surface area contributed by atoms with E-state index in [1.807, 2.05) is 0 Å². The molecule has 3 rings (SSSR count). The summed E-state index contributed by atoms with van der Waals surface area (Å²) in [6.07, 6.45) is 9.03. The minimum atomic E-state index is 0.306. The molecule has 1 aliphatic heterocycles. The van der Waals surface area contributed by atoms with E-state index in [-0.39, 0.29) is 0 Å². The van der Waals surface area contributed by atoms with Gasteiger partial charge in [0.1, 0.15) is 0 Å². The second kappa shape index (κ2) is 2.49. The first kappa shape index (κ1) is 7.84. The highest BCUT2D eigenvalue weighted by molar-refractivity contribution is 5.79. The van der Waals surface area contributed by atoms with Gasteiger partial charge < -0.3 is 5.32 Å². The summed E-state index contributed by atoms with van der Waals surface area (Å²) in [5.41, 5.74) is 0.587. The molecule has 13 heavy (non-hydrogen) atoms. The predicted octanol–water partition coefficient (Wildman–Crippen LogP) is 1.85. The van der Waals surface area contributed by atoms with Gasteiger partial charge in [-0.25, -0.2) is 0 Å². The summed E-state index contributed by atoms with van der Waals surface area (Å²) in [7, 11) is 0. The van der Waals surface area contributed by atoms with E-state index in [1.165, 1.54) is 38.5 Å². The summed E-state index contributed by atoms with van der Waals surface area (Å²) in [4.78, 5) is 11.3. The maximum Gasteiger partial charge on any atom is 0.220 e. The van der Waals surface area contributed by atoms with E-state index in [0.29, 0.717) is 23.3 Å². The molecule has 0 aromatic carbocycles. The average molecular weight is 179 g/mol. The van der Waals surface area contributed by atoms with Gasteiger partial charge in [-0.2, -0.15) is 0 Å². The van der Waals surface area contributed by atoms with Crippen molar-refractivity contribution in [1.82, 2.24) is 5.32 Å². The molecule has 0 unspecified atom stereocenters. The van der Waals surface area contributed by atoms with Crippen molar-refractivity contribution >= 4 is 5.91 Å². The van der Waals surface area contributed by atoms with E-state index < -0.39 is 0 Å². The molecule has 1 heterocycles. The lowest BCUT2D eigenvalue weighted by atomic mass is 9.75. The van der Waals surface area contributed by atoms with Crippen LogP contribution < -0.4 is 5.32 Å². The molecule has 2 heteroatoms. The standard InChI is InChI=1S/C11H17NO/c13-10-7-8-9(12-10)3-6-11(8)4-1-2-5-11/h8-9H,1-7H2,(H,12,13)/t8-,9-/m1/s1. The molecule has 0 bridgehead atoms. The number of rotatable bonds is 0. The van der Waals surface area contributed by atoms with Crippen LogP contribution in [0.2, 0.25) is 0 Å². The molecule has 2 saturated carbocycles. The summed E-state index contributed by atoms with van der Waals surface area (Å²) >= 11 is 0. The van der Waals surface area contributed by atoms with Crippen LogP contribution in [0.1, 0.15) is 44.9 Å². The van der Waals surface area contributed by atoms with Gasteiger partial charge in [0.2, 0.25) is 5.91 Å². The van der Waals surface area contributed by atoms with Gasteiger partial charge >= 0.3 is 0 Å². The lowest BCUT2D eigenvalue weighted by Crippen LogP contribution is -2.28. The second-order valence-electron chi connectivity index (χ2n) is 5.09. The molecule has 72 valence electrons. The smallest absolute Gasteiger partial charge is 0.220 e. The summed E-state index contributed by atoms with van der Waals surface area (Å²) in [6.45, 7) is 0. The summed E-state index contributed by atoms with van der Waals surface area (Å²) < 4.78 is 0. The Bertz CT molecular complexity index is 242. The highest BCUT2D eigenvalue weighted by Gasteiger charge is 2.53. The molecule has 0 radical (unpaired) electrons. The topological polar surface area (TPSA) is 29.1 Å². The molecule has 2 atom stereocenters. The van der Waals surface area contributed by atoms with Crippen molar-refractivity contribution < 1.29 is 4.79 Å². The van der Waals surface area contributed by atoms with Crippen LogP contribution in [0.25, 0.3) is 0 Å². The first-order valence-electron chi connectivity index (χ1n) is 5.60. The quantitative estimate of drug-likeness (QED) is 0.604. The van der Waals surface area contributed by atoms with E-state index in [4.69, 9.17) is 0 Å². The molecular weight excluding hydrogens is 162 g/mol. The summed E-state index contributed by atoms with van der Waals surface area (Å²) in [6, 6.07) is 0.547. The first-order chi connectivity index (χ1) is 6.30. The fraction of sp³-hybridized carbons (Fsp3) is 0.909. The van der Waals surface area contributed by atoms with Crippen LogP contribution >= 0.6 is 0 Å². The molecule has 1 spiro atoms. The fourth-order valence-electron chi connectivity index (χ4n) is 3.95. The SMILES string of the molecule is O=C1C[C@@H]2[C@@H](CCC23CCCC3)N1. The van der Waals surface area contributed by atoms with E-state index in [2.05, 4.69) is 5.32 Å². The minimum absolute atomic E-state index is 0.306.